The number of carbonyl (C=O) groups excluding carboxylic acids is 1. The van der Waals surface area contributed by atoms with E-state index in [4.69, 9.17) is 9.84 Å². The van der Waals surface area contributed by atoms with E-state index in [9.17, 15) is 4.79 Å². The number of unbranched alkanes of at least 4 members (excludes halogenated alkanes) is 1. The van der Waals surface area contributed by atoms with Crippen LogP contribution in [0.4, 0.5) is 0 Å². The molecule has 0 heterocycles. The van der Waals surface area contributed by atoms with E-state index in [1.165, 1.54) is 0 Å². The van der Waals surface area contributed by atoms with Crippen molar-refractivity contribution in [2.24, 2.45) is 11.8 Å². The van der Waals surface area contributed by atoms with Gasteiger partial charge in [-0.3, -0.25) is 4.79 Å². The molecule has 0 aromatic heterocycles. The molecule has 1 amide bonds. The van der Waals surface area contributed by atoms with E-state index in [0.717, 1.165) is 25.9 Å². The summed E-state index contributed by atoms with van der Waals surface area (Å²) in [5, 5.41) is 11.5. The van der Waals surface area contributed by atoms with Crippen molar-refractivity contribution in [2.45, 2.75) is 65.9 Å². The lowest BCUT2D eigenvalue weighted by Crippen LogP contribution is -2.27. The molecule has 0 saturated carbocycles. The number of aliphatic hydroxyl groups excluding tert-OH is 1. The van der Waals surface area contributed by atoms with Gasteiger partial charge in [-0.05, 0) is 44.4 Å². The van der Waals surface area contributed by atoms with Gasteiger partial charge in [0.1, 0.15) is 0 Å². The number of aliphatic hydroxyl groups is 1. The molecule has 0 rings (SSSR count). The quantitative estimate of drug-likeness (QED) is 0.543. The van der Waals surface area contributed by atoms with E-state index in [1.807, 2.05) is 0 Å². The van der Waals surface area contributed by atoms with Crippen LogP contribution >= 0.6 is 0 Å². The molecule has 0 radical (unpaired) electrons. The minimum Gasteiger partial charge on any atom is -0.396 e. The Hall–Kier alpha value is -0.610. The fourth-order valence-electron chi connectivity index (χ4n) is 1.77. The molecule has 2 atom stereocenters. The molecular weight excluding hydrogens is 254 g/mol. The third kappa shape index (κ3) is 11.2. The zero-order chi connectivity index (χ0) is 15.4. The first-order chi connectivity index (χ1) is 9.47. The molecule has 0 aromatic carbocycles. The molecule has 4 heteroatoms. The highest BCUT2D eigenvalue weighted by Crippen LogP contribution is 2.14. The normalized spacial score (nSPS) is 14.3. The summed E-state index contributed by atoms with van der Waals surface area (Å²) in [4.78, 5) is 11.4. The summed E-state index contributed by atoms with van der Waals surface area (Å²) in [5.41, 5.74) is 0. The summed E-state index contributed by atoms with van der Waals surface area (Å²) >= 11 is 0. The molecule has 120 valence electrons. The largest absolute Gasteiger partial charge is 0.396 e. The van der Waals surface area contributed by atoms with E-state index in [0.29, 0.717) is 31.2 Å². The molecule has 0 aromatic rings. The second-order valence-electron chi connectivity index (χ2n) is 6.01. The van der Waals surface area contributed by atoms with Crippen molar-refractivity contribution in [3.8, 4) is 0 Å². The van der Waals surface area contributed by atoms with Crippen molar-refractivity contribution >= 4 is 5.91 Å². The first kappa shape index (κ1) is 19.4. The molecule has 0 aliphatic heterocycles. The third-order valence-corrected chi connectivity index (χ3v) is 3.80. The number of rotatable bonds is 12. The maximum absolute atomic E-state index is 11.4. The van der Waals surface area contributed by atoms with Gasteiger partial charge in [-0.1, -0.05) is 20.8 Å². The van der Waals surface area contributed by atoms with Crippen molar-refractivity contribution in [3.05, 3.63) is 0 Å². The lowest BCUT2D eigenvalue weighted by atomic mass is 9.95. The average Bonchev–Trinajstić information content (AvgIpc) is 2.38. The summed E-state index contributed by atoms with van der Waals surface area (Å²) < 4.78 is 5.76. The topological polar surface area (TPSA) is 58.6 Å². The van der Waals surface area contributed by atoms with Crippen LogP contribution in [0.3, 0.4) is 0 Å². The second kappa shape index (κ2) is 12.2. The van der Waals surface area contributed by atoms with Gasteiger partial charge in [-0.25, -0.2) is 0 Å². The van der Waals surface area contributed by atoms with Crippen LogP contribution in [-0.4, -0.2) is 36.9 Å². The van der Waals surface area contributed by atoms with Gasteiger partial charge < -0.3 is 15.2 Å². The van der Waals surface area contributed by atoms with E-state index in [2.05, 4.69) is 33.0 Å². The molecule has 0 fully saturated rings. The molecule has 0 aliphatic rings. The van der Waals surface area contributed by atoms with Crippen molar-refractivity contribution in [3.63, 3.8) is 0 Å². The lowest BCUT2D eigenvalue weighted by molar-refractivity contribution is -0.121. The fourth-order valence-corrected chi connectivity index (χ4v) is 1.77. The van der Waals surface area contributed by atoms with E-state index >= 15 is 0 Å². The molecule has 0 bridgehead atoms. The number of nitrogens with one attached hydrogen (secondary N) is 1. The van der Waals surface area contributed by atoms with Gasteiger partial charge in [-0.15, -0.1) is 0 Å². The van der Waals surface area contributed by atoms with Gasteiger partial charge in [0, 0.05) is 26.2 Å². The maximum Gasteiger partial charge on any atom is 0.219 e. The van der Waals surface area contributed by atoms with E-state index < -0.39 is 0 Å². The van der Waals surface area contributed by atoms with Crippen LogP contribution in [0.25, 0.3) is 0 Å². The maximum atomic E-state index is 11.4. The summed E-state index contributed by atoms with van der Waals surface area (Å²) in [5.74, 6) is 1.46. The van der Waals surface area contributed by atoms with E-state index in [-0.39, 0.29) is 18.6 Å². The third-order valence-electron chi connectivity index (χ3n) is 3.80. The fraction of sp³-hybridized carbons (Fsp3) is 0.938. The number of carbonyl (C=O) groups is 1. The van der Waals surface area contributed by atoms with Crippen LogP contribution < -0.4 is 5.32 Å². The lowest BCUT2D eigenvalue weighted by Gasteiger charge is -2.18. The van der Waals surface area contributed by atoms with Gasteiger partial charge in [-0.2, -0.15) is 0 Å². The molecule has 4 nitrogen and oxygen atoms in total. The zero-order valence-corrected chi connectivity index (χ0v) is 13.7. The molecule has 0 spiro atoms. The SMILES string of the molecule is CC(CCNC(=O)CCCCO)OCCC(C)C(C)C. The standard InChI is InChI=1S/C16H33NO3/c1-13(2)14(3)9-12-20-15(4)8-10-17-16(19)7-5-6-11-18/h13-15,18H,5-12H2,1-4H3,(H,17,19). The molecule has 0 aliphatic carbocycles. The Labute approximate surface area is 124 Å². The van der Waals surface area contributed by atoms with Crippen LogP contribution in [-0.2, 0) is 9.53 Å². The Bertz CT molecular complexity index is 244. The zero-order valence-electron chi connectivity index (χ0n) is 13.7. The summed E-state index contributed by atoms with van der Waals surface area (Å²) in [7, 11) is 0. The highest BCUT2D eigenvalue weighted by molar-refractivity contribution is 5.75. The number of ether oxygens (including phenoxy) is 1. The van der Waals surface area contributed by atoms with Crippen LogP contribution in [0.15, 0.2) is 0 Å². The van der Waals surface area contributed by atoms with Gasteiger partial charge in [0.2, 0.25) is 5.91 Å². The highest BCUT2D eigenvalue weighted by Gasteiger charge is 2.09. The number of hydrogen-bond donors (Lipinski definition) is 2. The Balaban J connectivity index is 3.48. The minimum absolute atomic E-state index is 0.0686. The van der Waals surface area contributed by atoms with Crippen molar-refractivity contribution in [1.29, 1.82) is 0 Å². The highest BCUT2D eigenvalue weighted by atomic mass is 16.5. The Morgan fingerprint density at radius 1 is 1.15 bits per heavy atom. The van der Waals surface area contributed by atoms with Crippen LogP contribution in [0.2, 0.25) is 0 Å². The second-order valence-corrected chi connectivity index (χ2v) is 6.01. The van der Waals surface area contributed by atoms with Gasteiger partial charge in [0.15, 0.2) is 0 Å². The van der Waals surface area contributed by atoms with Crippen LogP contribution in [0.5, 0.6) is 0 Å². The summed E-state index contributed by atoms with van der Waals surface area (Å²) in [6.07, 6.45) is 4.08. The predicted molar refractivity (Wildman–Crippen MR) is 82.6 cm³/mol. The Morgan fingerprint density at radius 3 is 2.45 bits per heavy atom. The monoisotopic (exact) mass is 287 g/mol. The smallest absolute Gasteiger partial charge is 0.219 e. The first-order valence-electron chi connectivity index (χ1n) is 7.96. The van der Waals surface area contributed by atoms with Gasteiger partial charge >= 0.3 is 0 Å². The van der Waals surface area contributed by atoms with Gasteiger partial charge in [0.25, 0.3) is 0 Å². The first-order valence-corrected chi connectivity index (χ1v) is 7.96. The molecule has 2 unspecified atom stereocenters. The number of hydrogen-bond acceptors (Lipinski definition) is 3. The number of amides is 1. The Morgan fingerprint density at radius 2 is 1.85 bits per heavy atom. The minimum atomic E-state index is 0.0686. The van der Waals surface area contributed by atoms with Gasteiger partial charge in [0.05, 0.1) is 6.10 Å². The molecule has 2 N–H and O–H groups in total. The predicted octanol–water partition coefficient (Wildman–Crippen LogP) is 2.74. The summed E-state index contributed by atoms with van der Waals surface area (Å²) in [6, 6.07) is 0. The molecule has 0 saturated heterocycles. The van der Waals surface area contributed by atoms with Crippen LogP contribution in [0, 0.1) is 11.8 Å². The molecule has 20 heavy (non-hydrogen) atoms. The average molecular weight is 287 g/mol. The van der Waals surface area contributed by atoms with Crippen molar-refractivity contribution in [1.82, 2.24) is 5.32 Å². The Kier molecular flexibility index (Phi) is 11.8. The molecular formula is C16H33NO3. The van der Waals surface area contributed by atoms with E-state index in [1.54, 1.807) is 0 Å². The van der Waals surface area contributed by atoms with Crippen molar-refractivity contribution < 1.29 is 14.6 Å². The van der Waals surface area contributed by atoms with Crippen LogP contribution in [0.1, 0.15) is 59.8 Å². The van der Waals surface area contributed by atoms with Crippen molar-refractivity contribution in [2.75, 3.05) is 19.8 Å². The summed E-state index contributed by atoms with van der Waals surface area (Å²) in [6.45, 7) is 10.4.